The number of aromatic nitrogens is 3. The SMILES string of the molecule is Cc1ncsc1CCC(=O)N[C@H](Cn1ccnc1)C(C)(C)C. The molecule has 0 saturated carbocycles. The van der Waals surface area contributed by atoms with Crippen LogP contribution in [0.1, 0.15) is 37.8 Å². The van der Waals surface area contributed by atoms with Crippen LogP contribution in [0.2, 0.25) is 0 Å². The van der Waals surface area contributed by atoms with Crippen molar-refractivity contribution in [1.29, 1.82) is 0 Å². The van der Waals surface area contributed by atoms with E-state index in [2.05, 4.69) is 36.1 Å². The highest BCUT2D eigenvalue weighted by molar-refractivity contribution is 7.09. The molecule has 0 unspecified atom stereocenters. The summed E-state index contributed by atoms with van der Waals surface area (Å²) in [5.41, 5.74) is 2.85. The largest absolute Gasteiger partial charge is 0.351 e. The van der Waals surface area contributed by atoms with Crippen LogP contribution in [0.25, 0.3) is 0 Å². The average Bonchev–Trinajstić information content (AvgIpc) is 3.06. The van der Waals surface area contributed by atoms with Crippen LogP contribution in [0.15, 0.2) is 24.2 Å². The average molecular weight is 320 g/mol. The van der Waals surface area contributed by atoms with E-state index in [4.69, 9.17) is 0 Å². The van der Waals surface area contributed by atoms with E-state index >= 15 is 0 Å². The molecular weight excluding hydrogens is 296 g/mol. The fourth-order valence-electron chi connectivity index (χ4n) is 2.20. The third kappa shape index (κ3) is 4.66. The van der Waals surface area contributed by atoms with Gasteiger partial charge in [-0.3, -0.25) is 4.79 Å². The summed E-state index contributed by atoms with van der Waals surface area (Å²) in [5, 5.41) is 3.17. The predicted octanol–water partition coefficient (Wildman–Crippen LogP) is 2.81. The van der Waals surface area contributed by atoms with Gasteiger partial charge in [-0.15, -0.1) is 11.3 Å². The van der Waals surface area contributed by atoms with E-state index in [1.165, 1.54) is 4.88 Å². The van der Waals surface area contributed by atoms with Crippen molar-refractivity contribution < 1.29 is 4.79 Å². The lowest BCUT2D eigenvalue weighted by molar-refractivity contribution is -0.122. The molecule has 2 aromatic heterocycles. The number of imidazole rings is 1. The van der Waals surface area contributed by atoms with Gasteiger partial charge in [0.1, 0.15) is 0 Å². The zero-order chi connectivity index (χ0) is 16.2. The molecule has 5 nitrogen and oxygen atoms in total. The van der Waals surface area contributed by atoms with Crippen LogP contribution in [0.3, 0.4) is 0 Å². The Hall–Kier alpha value is -1.69. The summed E-state index contributed by atoms with van der Waals surface area (Å²) in [5.74, 6) is 0.0906. The first-order chi connectivity index (χ1) is 10.4. The minimum absolute atomic E-state index is 0.0136. The second kappa shape index (κ2) is 7.05. The first-order valence-corrected chi connectivity index (χ1v) is 8.38. The molecular formula is C16H24N4OS. The van der Waals surface area contributed by atoms with Gasteiger partial charge in [-0.2, -0.15) is 0 Å². The summed E-state index contributed by atoms with van der Waals surface area (Å²) < 4.78 is 2.00. The summed E-state index contributed by atoms with van der Waals surface area (Å²) in [7, 11) is 0. The lowest BCUT2D eigenvalue weighted by Gasteiger charge is -2.31. The van der Waals surface area contributed by atoms with E-state index < -0.39 is 0 Å². The Balaban J connectivity index is 1.92. The Labute approximate surface area is 135 Å². The number of nitrogens with one attached hydrogen (secondary N) is 1. The molecule has 120 valence electrons. The molecule has 1 atom stereocenters. The minimum atomic E-state index is -0.0136. The third-order valence-electron chi connectivity index (χ3n) is 3.76. The number of rotatable bonds is 6. The lowest BCUT2D eigenvalue weighted by Crippen LogP contribution is -2.46. The molecule has 0 aliphatic rings. The van der Waals surface area contributed by atoms with Gasteiger partial charge < -0.3 is 9.88 Å². The first kappa shape index (κ1) is 16.7. The number of carbonyl (C=O) groups excluding carboxylic acids is 1. The van der Waals surface area contributed by atoms with Crippen molar-refractivity contribution in [2.75, 3.05) is 0 Å². The van der Waals surface area contributed by atoms with Crippen LogP contribution in [-0.2, 0) is 17.8 Å². The Bertz CT molecular complexity index is 598. The molecule has 1 amide bonds. The van der Waals surface area contributed by atoms with Gasteiger partial charge in [0.25, 0.3) is 0 Å². The second-order valence-electron chi connectivity index (χ2n) is 6.61. The molecule has 2 heterocycles. The summed E-state index contributed by atoms with van der Waals surface area (Å²) in [4.78, 5) is 21.8. The van der Waals surface area contributed by atoms with Crippen LogP contribution < -0.4 is 5.32 Å². The zero-order valence-corrected chi connectivity index (χ0v) is 14.5. The number of hydrogen-bond donors (Lipinski definition) is 1. The van der Waals surface area contributed by atoms with Crippen molar-refractivity contribution in [1.82, 2.24) is 19.9 Å². The molecule has 0 radical (unpaired) electrons. The molecule has 0 aliphatic heterocycles. The second-order valence-corrected chi connectivity index (χ2v) is 7.55. The maximum atomic E-state index is 12.3. The molecule has 1 N–H and O–H groups in total. The van der Waals surface area contributed by atoms with Gasteiger partial charge in [-0.25, -0.2) is 9.97 Å². The monoisotopic (exact) mass is 320 g/mol. The van der Waals surface area contributed by atoms with Crippen molar-refractivity contribution in [2.24, 2.45) is 5.41 Å². The molecule has 0 saturated heterocycles. The van der Waals surface area contributed by atoms with Gasteiger partial charge in [-0.05, 0) is 18.8 Å². The molecule has 0 fully saturated rings. The Morgan fingerprint density at radius 3 is 2.77 bits per heavy atom. The topological polar surface area (TPSA) is 59.8 Å². The van der Waals surface area contributed by atoms with E-state index in [9.17, 15) is 4.79 Å². The fourth-order valence-corrected chi connectivity index (χ4v) is 2.98. The van der Waals surface area contributed by atoms with Crippen molar-refractivity contribution in [2.45, 2.75) is 53.1 Å². The molecule has 2 rings (SSSR count). The number of nitrogens with zero attached hydrogens (tertiary/aromatic N) is 3. The standard InChI is InChI=1S/C16H24N4OS/c1-12-13(22-11-18-12)5-6-15(21)19-14(16(2,3)4)9-20-8-7-17-10-20/h7-8,10-11,14H,5-6,9H2,1-4H3,(H,19,21)/t14-/m1/s1. The van der Waals surface area contributed by atoms with Crippen LogP contribution in [0, 0.1) is 12.3 Å². The van der Waals surface area contributed by atoms with Crippen LogP contribution >= 0.6 is 11.3 Å². The highest BCUT2D eigenvalue weighted by Gasteiger charge is 2.26. The van der Waals surface area contributed by atoms with Gasteiger partial charge in [0, 0.05) is 30.2 Å². The van der Waals surface area contributed by atoms with Crippen molar-refractivity contribution in [3.05, 3.63) is 34.8 Å². The summed E-state index contributed by atoms with van der Waals surface area (Å²) in [6.45, 7) is 9.14. The predicted molar refractivity (Wildman–Crippen MR) is 88.8 cm³/mol. The summed E-state index contributed by atoms with van der Waals surface area (Å²) >= 11 is 1.62. The van der Waals surface area contributed by atoms with E-state index in [1.54, 1.807) is 23.9 Å². The normalized spacial score (nSPS) is 13.1. The Kier molecular flexibility index (Phi) is 5.34. The van der Waals surface area contributed by atoms with Crippen LogP contribution in [0.4, 0.5) is 0 Å². The first-order valence-electron chi connectivity index (χ1n) is 7.50. The maximum Gasteiger partial charge on any atom is 0.220 e. The molecule has 0 aromatic carbocycles. The van der Waals surface area contributed by atoms with Crippen LogP contribution in [-0.4, -0.2) is 26.5 Å². The minimum Gasteiger partial charge on any atom is -0.351 e. The Morgan fingerprint density at radius 1 is 1.45 bits per heavy atom. The van der Waals surface area contributed by atoms with Gasteiger partial charge in [0.2, 0.25) is 5.91 Å². The quantitative estimate of drug-likeness (QED) is 0.890. The van der Waals surface area contributed by atoms with Gasteiger partial charge in [-0.1, -0.05) is 20.8 Å². The maximum absolute atomic E-state index is 12.3. The van der Waals surface area contributed by atoms with E-state index in [0.29, 0.717) is 6.42 Å². The number of hydrogen-bond acceptors (Lipinski definition) is 4. The van der Waals surface area contributed by atoms with Crippen LogP contribution in [0.5, 0.6) is 0 Å². The molecule has 6 heteroatoms. The summed E-state index contributed by atoms with van der Waals surface area (Å²) in [6.07, 6.45) is 6.72. The highest BCUT2D eigenvalue weighted by atomic mass is 32.1. The highest BCUT2D eigenvalue weighted by Crippen LogP contribution is 2.21. The molecule has 0 aliphatic carbocycles. The van der Waals surface area contributed by atoms with Gasteiger partial charge in [0.15, 0.2) is 0 Å². The van der Waals surface area contributed by atoms with Gasteiger partial charge in [0.05, 0.1) is 23.6 Å². The van der Waals surface area contributed by atoms with Crippen molar-refractivity contribution in [3.8, 4) is 0 Å². The zero-order valence-electron chi connectivity index (χ0n) is 13.7. The lowest BCUT2D eigenvalue weighted by atomic mass is 9.86. The van der Waals surface area contributed by atoms with Gasteiger partial charge >= 0.3 is 0 Å². The van der Waals surface area contributed by atoms with E-state index in [1.807, 2.05) is 23.2 Å². The molecule has 22 heavy (non-hydrogen) atoms. The smallest absolute Gasteiger partial charge is 0.220 e. The number of thiazole rings is 1. The molecule has 0 bridgehead atoms. The van der Waals surface area contributed by atoms with E-state index in [0.717, 1.165) is 18.7 Å². The Morgan fingerprint density at radius 2 is 2.23 bits per heavy atom. The van der Waals surface area contributed by atoms with Crippen molar-refractivity contribution in [3.63, 3.8) is 0 Å². The van der Waals surface area contributed by atoms with E-state index in [-0.39, 0.29) is 17.4 Å². The van der Waals surface area contributed by atoms with Crippen molar-refractivity contribution >= 4 is 17.2 Å². The number of amides is 1. The molecule has 0 spiro atoms. The number of aryl methyl sites for hydroxylation is 2. The molecule has 2 aromatic rings. The summed E-state index contributed by atoms with van der Waals surface area (Å²) in [6, 6.07) is 0.0664. The fraction of sp³-hybridized carbons (Fsp3) is 0.562. The third-order valence-corrected chi connectivity index (χ3v) is 4.75. The number of carbonyl (C=O) groups is 1.